The van der Waals surface area contributed by atoms with E-state index in [0.29, 0.717) is 3.92 Å². The summed E-state index contributed by atoms with van der Waals surface area (Å²) in [5.74, 6) is 1.16. The van der Waals surface area contributed by atoms with E-state index in [1.165, 1.54) is 31.3 Å². The van der Waals surface area contributed by atoms with Crippen molar-refractivity contribution in [2.45, 2.75) is 29.6 Å². The summed E-state index contributed by atoms with van der Waals surface area (Å²) in [4.78, 5) is 0. The van der Waals surface area contributed by atoms with Crippen molar-refractivity contribution in [1.29, 1.82) is 0 Å². The van der Waals surface area contributed by atoms with Crippen LogP contribution < -0.4 is 0 Å². The number of rotatable bonds is 0. The molecule has 1 aliphatic heterocycles. The van der Waals surface area contributed by atoms with Gasteiger partial charge in [0.1, 0.15) is 5.76 Å². The molecule has 2 rings (SSSR count). The van der Waals surface area contributed by atoms with Gasteiger partial charge in [0.05, 0.1) is 6.61 Å². The van der Waals surface area contributed by atoms with Crippen molar-refractivity contribution in [3.63, 3.8) is 0 Å². The van der Waals surface area contributed by atoms with E-state index >= 15 is 0 Å². The van der Waals surface area contributed by atoms with Crippen molar-refractivity contribution in [3.05, 3.63) is 23.5 Å². The highest BCUT2D eigenvalue weighted by atomic mass is 127. The van der Waals surface area contributed by atoms with Crippen LogP contribution in [0.2, 0.25) is 0 Å². The molecular weight excluding hydrogens is 263 g/mol. The minimum absolute atomic E-state index is 0.638. The average molecular weight is 276 g/mol. The van der Waals surface area contributed by atoms with Gasteiger partial charge in [-0.05, 0) is 37.3 Å². The minimum Gasteiger partial charge on any atom is -0.494 e. The molecule has 1 unspecified atom stereocenters. The van der Waals surface area contributed by atoms with Gasteiger partial charge < -0.3 is 4.74 Å². The number of halogens is 1. The SMILES string of the molecule is IC1C=C2OCCCCC2=CC1. The van der Waals surface area contributed by atoms with Gasteiger partial charge in [-0.3, -0.25) is 0 Å². The van der Waals surface area contributed by atoms with E-state index in [2.05, 4.69) is 34.7 Å². The molecule has 12 heavy (non-hydrogen) atoms. The topological polar surface area (TPSA) is 9.23 Å². The zero-order valence-electron chi connectivity index (χ0n) is 7.05. The Bertz CT molecular complexity index is 230. The van der Waals surface area contributed by atoms with Gasteiger partial charge in [0, 0.05) is 3.92 Å². The molecule has 66 valence electrons. The third kappa shape index (κ3) is 1.84. The van der Waals surface area contributed by atoms with Gasteiger partial charge in [0.15, 0.2) is 0 Å². The fraction of sp³-hybridized carbons (Fsp3) is 0.600. The Morgan fingerprint density at radius 2 is 2.33 bits per heavy atom. The molecule has 1 nitrogen and oxygen atoms in total. The van der Waals surface area contributed by atoms with E-state index < -0.39 is 0 Å². The number of hydrogen-bond donors (Lipinski definition) is 0. The molecule has 1 atom stereocenters. The molecule has 0 saturated carbocycles. The number of fused-ring (bicyclic) bond motifs is 1. The van der Waals surface area contributed by atoms with Crippen LogP contribution in [0.4, 0.5) is 0 Å². The number of alkyl halides is 1. The Morgan fingerprint density at radius 1 is 1.42 bits per heavy atom. The fourth-order valence-electron chi connectivity index (χ4n) is 1.66. The van der Waals surface area contributed by atoms with E-state index in [1.807, 2.05) is 0 Å². The standard InChI is InChI=1S/C10H13IO/c11-9-5-4-8-3-1-2-6-12-10(8)7-9/h4,7,9H,1-3,5-6H2. The van der Waals surface area contributed by atoms with Crippen LogP contribution in [-0.2, 0) is 4.74 Å². The van der Waals surface area contributed by atoms with Crippen LogP contribution in [0.3, 0.4) is 0 Å². The molecule has 1 heterocycles. The molecule has 0 aromatic carbocycles. The van der Waals surface area contributed by atoms with Gasteiger partial charge in [-0.15, -0.1) is 0 Å². The first-order chi connectivity index (χ1) is 5.86. The predicted octanol–water partition coefficient (Wildman–Crippen LogP) is 3.20. The first kappa shape index (κ1) is 8.60. The van der Waals surface area contributed by atoms with Gasteiger partial charge in [0.2, 0.25) is 0 Å². The highest BCUT2D eigenvalue weighted by Crippen LogP contribution is 2.29. The first-order valence-corrected chi connectivity index (χ1v) is 5.79. The summed E-state index contributed by atoms with van der Waals surface area (Å²) in [7, 11) is 0. The van der Waals surface area contributed by atoms with Crippen molar-refractivity contribution < 1.29 is 4.74 Å². The summed E-state index contributed by atoms with van der Waals surface area (Å²) < 4.78 is 6.30. The summed E-state index contributed by atoms with van der Waals surface area (Å²) in [5, 5.41) is 0. The molecule has 0 N–H and O–H groups in total. The molecular formula is C10H13IO. The maximum Gasteiger partial charge on any atom is 0.119 e. The lowest BCUT2D eigenvalue weighted by atomic mass is 10.0. The number of ether oxygens (including phenoxy) is 1. The minimum atomic E-state index is 0.638. The smallest absolute Gasteiger partial charge is 0.119 e. The van der Waals surface area contributed by atoms with Crippen molar-refractivity contribution in [3.8, 4) is 0 Å². The Kier molecular flexibility index (Phi) is 2.73. The highest BCUT2D eigenvalue weighted by molar-refractivity contribution is 14.1. The third-order valence-corrected chi connectivity index (χ3v) is 3.20. The first-order valence-electron chi connectivity index (χ1n) is 4.54. The fourth-order valence-corrected chi connectivity index (χ4v) is 2.24. The highest BCUT2D eigenvalue weighted by Gasteiger charge is 2.16. The molecule has 0 bridgehead atoms. The summed E-state index contributed by atoms with van der Waals surface area (Å²) >= 11 is 2.46. The molecule has 2 heteroatoms. The van der Waals surface area contributed by atoms with Crippen LogP contribution >= 0.6 is 22.6 Å². The second-order valence-corrected chi connectivity index (χ2v) is 4.92. The summed E-state index contributed by atoms with van der Waals surface area (Å²) in [5.41, 5.74) is 1.44. The third-order valence-electron chi connectivity index (χ3n) is 2.34. The summed E-state index contributed by atoms with van der Waals surface area (Å²) in [6.07, 6.45) is 9.51. The molecule has 0 aromatic heterocycles. The van der Waals surface area contributed by atoms with Gasteiger partial charge in [-0.25, -0.2) is 0 Å². The summed E-state index contributed by atoms with van der Waals surface area (Å²) in [6, 6.07) is 0. The molecule has 0 aromatic rings. The Balaban J connectivity index is 2.18. The lowest BCUT2D eigenvalue weighted by Crippen LogP contribution is -2.04. The zero-order valence-corrected chi connectivity index (χ0v) is 9.21. The number of hydrogen-bond acceptors (Lipinski definition) is 1. The molecule has 0 spiro atoms. The number of allylic oxidation sites excluding steroid dienone is 3. The molecule has 0 amide bonds. The normalized spacial score (nSPS) is 29.2. The van der Waals surface area contributed by atoms with E-state index in [4.69, 9.17) is 4.74 Å². The second kappa shape index (κ2) is 3.81. The van der Waals surface area contributed by atoms with Crippen LogP contribution in [-0.4, -0.2) is 10.5 Å². The van der Waals surface area contributed by atoms with E-state index in [9.17, 15) is 0 Å². The molecule has 1 fully saturated rings. The average Bonchev–Trinajstić information content (AvgIpc) is 2.28. The van der Waals surface area contributed by atoms with Crippen LogP contribution in [0.5, 0.6) is 0 Å². The Morgan fingerprint density at radius 3 is 3.25 bits per heavy atom. The van der Waals surface area contributed by atoms with Crippen molar-refractivity contribution in [2.24, 2.45) is 0 Å². The van der Waals surface area contributed by atoms with Gasteiger partial charge in [-0.1, -0.05) is 28.7 Å². The molecule has 1 saturated heterocycles. The van der Waals surface area contributed by atoms with Crippen LogP contribution in [0, 0.1) is 0 Å². The molecule has 1 aliphatic carbocycles. The van der Waals surface area contributed by atoms with Crippen LogP contribution in [0.15, 0.2) is 23.5 Å². The maximum atomic E-state index is 5.67. The molecule has 2 aliphatic rings. The van der Waals surface area contributed by atoms with E-state index in [1.54, 1.807) is 0 Å². The van der Waals surface area contributed by atoms with Crippen molar-refractivity contribution in [1.82, 2.24) is 0 Å². The molecule has 0 radical (unpaired) electrons. The van der Waals surface area contributed by atoms with Gasteiger partial charge >= 0.3 is 0 Å². The quantitative estimate of drug-likeness (QED) is 0.487. The van der Waals surface area contributed by atoms with Crippen molar-refractivity contribution >= 4 is 22.6 Å². The Hall–Kier alpha value is 0.01000. The van der Waals surface area contributed by atoms with Gasteiger partial charge in [-0.2, -0.15) is 0 Å². The second-order valence-electron chi connectivity index (χ2n) is 3.32. The largest absolute Gasteiger partial charge is 0.494 e. The Labute approximate surface area is 87.0 Å². The van der Waals surface area contributed by atoms with E-state index in [0.717, 1.165) is 12.4 Å². The maximum absolute atomic E-state index is 5.67. The zero-order chi connectivity index (χ0) is 8.39. The summed E-state index contributed by atoms with van der Waals surface area (Å²) in [6.45, 7) is 0.909. The predicted molar refractivity (Wildman–Crippen MR) is 58.4 cm³/mol. The monoisotopic (exact) mass is 276 g/mol. The van der Waals surface area contributed by atoms with E-state index in [-0.39, 0.29) is 0 Å². The lowest BCUT2D eigenvalue weighted by molar-refractivity contribution is 0.223. The lowest BCUT2D eigenvalue weighted by Gasteiger charge is -2.16. The van der Waals surface area contributed by atoms with Crippen LogP contribution in [0.25, 0.3) is 0 Å². The van der Waals surface area contributed by atoms with Crippen molar-refractivity contribution in [2.75, 3.05) is 6.61 Å². The van der Waals surface area contributed by atoms with Crippen LogP contribution in [0.1, 0.15) is 25.7 Å². The van der Waals surface area contributed by atoms with Gasteiger partial charge in [0.25, 0.3) is 0 Å².